The van der Waals surface area contributed by atoms with E-state index in [2.05, 4.69) is 10.3 Å². The van der Waals surface area contributed by atoms with Crippen molar-refractivity contribution in [3.8, 4) is 5.75 Å². The summed E-state index contributed by atoms with van der Waals surface area (Å²) < 4.78 is 17.3. The molecule has 0 bridgehead atoms. The third kappa shape index (κ3) is 4.95. The van der Waals surface area contributed by atoms with Crippen molar-refractivity contribution in [3.05, 3.63) is 54.4 Å². The molecule has 31 heavy (non-hydrogen) atoms. The number of benzene rings is 1. The highest BCUT2D eigenvalue weighted by molar-refractivity contribution is 5.94. The van der Waals surface area contributed by atoms with Gasteiger partial charge < -0.3 is 29.3 Å². The molecule has 2 aliphatic heterocycles. The van der Waals surface area contributed by atoms with Crippen molar-refractivity contribution in [2.24, 2.45) is 0 Å². The molecule has 0 aliphatic carbocycles. The maximum Gasteiger partial charge on any atom is 0.322 e. The second kappa shape index (κ2) is 9.32. The van der Waals surface area contributed by atoms with Gasteiger partial charge in [0.15, 0.2) is 0 Å². The monoisotopic (exact) mass is 426 g/mol. The quantitative estimate of drug-likeness (QED) is 0.809. The van der Waals surface area contributed by atoms with E-state index in [1.165, 1.54) is 0 Å². The first-order valence-electron chi connectivity index (χ1n) is 10.3. The molecule has 4 rings (SSSR count). The predicted octanol–water partition coefficient (Wildman–Crippen LogP) is 2.21. The largest absolute Gasteiger partial charge is 0.497 e. The van der Waals surface area contributed by atoms with Crippen molar-refractivity contribution in [2.75, 3.05) is 51.8 Å². The molecule has 3 amide bonds. The van der Waals surface area contributed by atoms with Crippen molar-refractivity contribution < 1.29 is 23.8 Å². The molecule has 2 aromatic rings. The number of aromatic nitrogens is 1. The molecule has 1 aromatic carbocycles. The highest BCUT2D eigenvalue weighted by Crippen LogP contribution is 2.26. The summed E-state index contributed by atoms with van der Waals surface area (Å²) in [4.78, 5) is 33.3. The average Bonchev–Trinajstić information content (AvgIpc) is 3.02. The van der Waals surface area contributed by atoms with Crippen molar-refractivity contribution in [3.63, 3.8) is 0 Å². The number of amides is 3. The third-order valence-electron chi connectivity index (χ3n) is 5.33. The van der Waals surface area contributed by atoms with E-state index in [1.807, 2.05) is 12.1 Å². The van der Waals surface area contributed by atoms with Crippen LogP contribution in [-0.4, -0.2) is 79.0 Å². The SMILES string of the molecule is COc1cccc(NC(=O)N2CCCOC3(C2)CN(C(=O)c2cccnc2)CCO3)c1. The highest BCUT2D eigenvalue weighted by atomic mass is 16.7. The lowest BCUT2D eigenvalue weighted by atomic mass is 10.1. The average molecular weight is 426 g/mol. The van der Waals surface area contributed by atoms with E-state index in [0.29, 0.717) is 49.7 Å². The molecule has 164 valence electrons. The predicted molar refractivity (Wildman–Crippen MR) is 113 cm³/mol. The summed E-state index contributed by atoms with van der Waals surface area (Å²) >= 11 is 0. The standard InChI is InChI=1S/C22H26N4O5/c1-29-19-7-2-6-18(13-19)24-21(28)26-9-4-11-30-22(16-26)15-25(10-12-31-22)20(27)17-5-3-8-23-14-17/h2-3,5-8,13-14H,4,9-12,15-16H2,1H3,(H,24,28). The Labute approximate surface area is 180 Å². The number of nitrogens with one attached hydrogen (secondary N) is 1. The number of nitrogens with zero attached hydrogens (tertiary/aromatic N) is 3. The van der Waals surface area contributed by atoms with Crippen molar-refractivity contribution in [1.29, 1.82) is 0 Å². The summed E-state index contributed by atoms with van der Waals surface area (Å²) in [5, 5.41) is 2.90. The normalized spacial score (nSPS) is 21.5. The molecule has 2 saturated heterocycles. The number of pyridine rings is 1. The van der Waals surface area contributed by atoms with E-state index in [9.17, 15) is 9.59 Å². The Morgan fingerprint density at radius 2 is 1.94 bits per heavy atom. The van der Waals surface area contributed by atoms with Gasteiger partial charge in [-0.2, -0.15) is 0 Å². The summed E-state index contributed by atoms with van der Waals surface area (Å²) in [6, 6.07) is 10.4. The van der Waals surface area contributed by atoms with Gasteiger partial charge in [-0.05, 0) is 30.7 Å². The molecular formula is C22H26N4O5. The fraction of sp³-hybridized carbons (Fsp3) is 0.409. The summed E-state index contributed by atoms with van der Waals surface area (Å²) in [7, 11) is 1.58. The van der Waals surface area contributed by atoms with Gasteiger partial charge in [0.25, 0.3) is 5.91 Å². The van der Waals surface area contributed by atoms with Crippen LogP contribution in [0.1, 0.15) is 16.8 Å². The first-order valence-corrected chi connectivity index (χ1v) is 10.3. The summed E-state index contributed by atoms with van der Waals surface area (Å²) in [6.45, 7) is 2.21. The molecule has 1 N–H and O–H groups in total. The minimum absolute atomic E-state index is 0.129. The molecule has 1 unspecified atom stereocenters. The Hall–Kier alpha value is -3.17. The van der Waals surface area contributed by atoms with E-state index >= 15 is 0 Å². The lowest BCUT2D eigenvalue weighted by Gasteiger charge is -2.43. The highest BCUT2D eigenvalue weighted by Gasteiger charge is 2.43. The molecule has 1 aromatic heterocycles. The second-order valence-electron chi connectivity index (χ2n) is 7.51. The number of hydrogen-bond donors (Lipinski definition) is 1. The molecular weight excluding hydrogens is 400 g/mol. The number of morpholine rings is 1. The van der Waals surface area contributed by atoms with Gasteiger partial charge in [-0.1, -0.05) is 6.07 Å². The smallest absolute Gasteiger partial charge is 0.322 e. The number of carbonyl (C=O) groups is 2. The van der Waals surface area contributed by atoms with Crippen LogP contribution < -0.4 is 10.1 Å². The summed E-state index contributed by atoms with van der Waals surface area (Å²) in [5.74, 6) is -0.525. The van der Waals surface area contributed by atoms with Crippen LogP contribution in [0, 0.1) is 0 Å². The zero-order valence-corrected chi connectivity index (χ0v) is 17.5. The van der Waals surface area contributed by atoms with Gasteiger partial charge in [-0.15, -0.1) is 0 Å². The van der Waals surface area contributed by atoms with Gasteiger partial charge in [0.05, 0.1) is 39.0 Å². The van der Waals surface area contributed by atoms with Gasteiger partial charge in [0, 0.05) is 37.2 Å². The molecule has 0 saturated carbocycles. The zero-order valence-electron chi connectivity index (χ0n) is 17.5. The maximum absolute atomic E-state index is 13.0. The third-order valence-corrected chi connectivity index (χ3v) is 5.33. The fourth-order valence-electron chi connectivity index (χ4n) is 3.79. The van der Waals surface area contributed by atoms with Crippen molar-refractivity contribution in [1.82, 2.24) is 14.8 Å². The molecule has 1 spiro atoms. The fourth-order valence-corrected chi connectivity index (χ4v) is 3.79. The van der Waals surface area contributed by atoms with E-state index in [4.69, 9.17) is 14.2 Å². The summed E-state index contributed by atoms with van der Waals surface area (Å²) in [5.41, 5.74) is 1.15. The van der Waals surface area contributed by atoms with Crippen LogP contribution in [0.15, 0.2) is 48.8 Å². The maximum atomic E-state index is 13.0. The molecule has 9 nitrogen and oxygen atoms in total. The first kappa shape index (κ1) is 21.1. The Bertz CT molecular complexity index is 925. The Kier molecular flexibility index (Phi) is 6.34. The van der Waals surface area contributed by atoms with E-state index in [1.54, 1.807) is 53.6 Å². The van der Waals surface area contributed by atoms with Crippen LogP contribution in [-0.2, 0) is 9.47 Å². The van der Waals surface area contributed by atoms with Crippen LogP contribution in [0.3, 0.4) is 0 Å². The lowest BCUT2D eigenvalue weighted by Crippen LogP contribution is -2.60. The number of ether oxygens (including phenoxy) is 3. The van der Waals surface area contributed by atoms with Crippen LogP contribution in [0.5, 0.6) is 5.75 Å². The van der Waals surface area contributed by atoms with Crippen molar-refractivity contribution in [2.45, 2.75) is 12.2 Å². The van der Waals surface area contributed by atoms with Gasteiger partial charge in [0.2, 0.25) is 5.79 Å². The Balaban J connectivity index is 1.46. The van der Waals surface area contributed by atoms with Crippen LogP contribution >= 0.6 is 0 Å². The number of carbonyl (C=O) groups excluding carboxylic acids is 2. The van der Waals surface area contributed by atoms with Gasteiger partial charge >= 0.3 is 6.03 Å². The zero-order chi connectivity index (χ0) is 21.7. The van der Waals surface area contributed by atoms with Gasteiger partial charge in [0.1, 0.15) is 5.75 Å². The number of hydrogen-bond acceptors (Lipinski definition) is 6. The van der Waals surface area contributed by atoms with E-state index < -0.39 is 5.79 Å². The molecule has 0 radical (unpaired) electrons. The molecule has 2 aliphatic rings. The van der Waals surface area contributed by atoms with E-state index in [-0.39, 0.29) is 25.0 Å². The van der Waals surface area contributed by atoms with Gasteiger partial charge in [-0.25, -0.2) is 4.79 Å². The minimum Gasteiger partial charge on any atom is -0.497 e. The topological polar surface area (TPSA) is 93.2 Å². The van der Waals surface area contributed by atoms with Gasteiger partial charge in [-0.3, -0.25) is 9.78 Å². The number of anilines is 1. The van der Waals surface area contributed by atoms with Crippen molar-refractivity contribution >= 4 is 17.6 Å². The molecule has 1 atom stereocenters. The number of methoxy groups -OCH3 is 1. The van der Waals surface area contributed by atoms with E-state index in [0.717, 1.165) is 0 Å². The summed E-state index contributed by atoms with van der Waals surface area (Å²) in [6.07, 6.45) is 3.85. The molecule has 2 fully saturated rings. The van der Waals surface area contributed by atoms with Crippen LogP contribution in [0.2, 0.25) is 0 Å². The van der Waals surface area contributed by atoms with Crippen LogP contribution in [0.25, 0.3) is 0 Å². The lowest BCUT2D eigenvalue weighted by molar-refractivity contribution is -0.258. The molecule has 9 heteroatoms. The minimum atomic E-state index is -1.06. The second-order valence-corrected chi connectivity index (χ2v) is 7.51. The number of urea groups is 1. The Morgan fingerprint density at radius 3 is 2.74 bits per heavy atom. The first-order chi connectivity index (χ1) is 15.1. The molecule has 3 heterocycles. The van der Waals surface area contributed by atoms with Crippen LogP contribution in [0.4, 0.5) is 10.5 Å². The number of rotatable bonds is 3. The Morgan fingerprint density at radius 1 is 1.10 bits per heavy atom.